The van der Waals surface area contributed by atoms with Crippen LogP contribution < -0.4 is 5.73 Å². The minimum Gasteiger partial charge on any atom is -0.465 e. The third-order valence-electron chi connectivity index (χ3n) is 1.70. The summed E-state index contributed by atoms with van der Waals surface area (Å²) in [7, 11) is 1.31. The summed E-state index contributed by atoms with van der Waals surface area (Å²) >= 11 is 5.83. The Hall–Kier alpha value is -1.22. The van der Waals surface area contributed by atoms with Crippen LogP contribution in [0.1, 0.15) is 15.9 Å². The third-order valence-corrected chi connectivity index (χ3v) is 2.00. The molecule has 1 rings (SSSR count). The molecule has 0 aromatic heterocycles. The van der Waals surface area contributed by atoms with Crippen molar-refractivity contribution >= 4 is 23.3 Å². The molecule has 0 unspecified atom stereocenters. The highest BCUT2D eigenvalue weighted by Gasteiger charge is 2.13. The lowest BCUT2D eigenvalue weighted by Crippen LogP contribution is -2.05. The first kappa shape index (κ1) is 9.86. The van der Waals surface area contributed by atoms with Gasteiger partial charge >= 0.3 is 5.97 Å². The minimum atomic E-state index is -0.442. The van der Waals surface area contributed by atoms with Gasteiger partial charge in [0.2, 0.25) is 0 Å². The Labute approximate surface area is 81.4 Å². The molecule has 0 aliphatic rings. The van der Waals surface area contributed by atoms with Gasteiger partial charge in [-0.25, -0.2) is 4.79 Å². The van der Waals surface area contributed by atoms with Gasteiger partial charge in [-0.3, -0.25) is 0 Å². The zero-order valence-electron chi connectivity index (χ0n) is 7.43. The van der Waals surface area contributed by atoms with Crippen LogP contribution in [0.3, 0.4) is 0 Å². The zero-order valence-corrected chi connectivity index (χ0v) is 8.18. The number of carbonyl (C=O) groups excluding carboxylic acids is 1. The fourth-order valence-corrected chi connectivity index (χ4v) is 1.48. The van der Waals surface area contributed by atoms with Gasteiger partial charge in [0.05, 0.1) is 17.7 Å². The Morgan fingerprint density at radius 1 is 1.54 bits per heavy atom. The van der Waals surface area contributed by atoms with Crippen molar-refractivity contribution in [1.29, 1.82) is 0 Å². The van der Waals surface area contributed by atoms with Crippen LogP contribution in [0.5, 0.6) is 0 Å². The van der Waals surface area contributed by atoms with Gasteiger partial charge in [-0.1, -0.05) is 11.6 Å². The molecule has 0 aliphatic heterocycles. The van der Waals surface area contributed by atoms with Crippen molar-refractivity contribution in [3.8, 4) is 0 Å². The fourth-order valence-electron chi connectivity index (χ4n) is 1.13. The normalized spacial score (nSPS) is 9.77. The Balaban J connectivity index is 3.28. The first-order valence-electron chi connectivity index (χ1n) is 3.70. The van der Waals surface area contributed by atoms with Gasteiger partial charge in [-0.05, 0) is 24.6 Å². The number of rotatable bonds is 1. The average Bonchev–Trinajstić information content (AvgIpc) is 2.02. The molecule has 0 radical (unpaired) electrons. The molecule has 0 spiro atoms. The molecule has 0 bridgehead atoms. The summed E-state index contributed by atoms with van der Waals surface area (Å²) in [4.78, 5) is 11.2. The van der Waals surface area contributed by atoms with Crippen LogP contribution in [0, 0.1) is 6.92 Å². The molecule has 0 saturated carbocycles. The van der Waals surface area contributed by atoms with E-state index < -0.39 is 5.97 Å². The molecule has 0 aliphatic carbocycles. The number of hydrogen-bond donors (Lipinski definition) is 1. The van der Waals surface area contributed by atoms with E-state index in [0.717, 1.165) is 5.56 Å². The molecule has 0 heterocycles. The van der Waals surface area contributed by atoms with E-state index in [1.807, 2.05) is 0 Å². The van der Waals surface area contributed by atoms with Crippen molar-refractivity contribution in [3.63, 3.8) is 0 Å². The molecule has 0 saturated heterocycles. The van der Waals surface area contributed by atoms with Crippen LogP contribution in [0.2, 0.25) is 5.02 Å². The summed E-state index contributed by atoms with van der Waals surface area (Å²) in [5, 5.41) is 0.323. The van der Waals surface area contributed by atoms with Gasteiger partial charge in [-0.2, -0.15) is 0 Å². The molecule has 13 heavy (non-hydrogen) atoms. The lowest BCUT2D eigenvalue weighted by atomic mass is 10.1. The molecule has 4 heteroatoms. The first-order chi connectivity index (χ1) is 6.06. The smallest absolute Gasteiger partial charge is 0.339 e. The lowest BCUT2D eigenvalue weighted by Gasteiger charge is -2.06. The molecule has 0 amide bonds. The molecule has 2 N–H and O–H groups in total. The molecule has 3 nitrogen and oxygen atoms in total. The van der Waals surface area contributed by atoms with E-state index >= 15 is 0 Å². The molecule has 70 valence electrons. The maximum absolute atomic E-state index is 11.2. The summed E-state index contributed by atoms with van der Waals surface area (Å²) in [6, 6.07) is 3.21. The highest BCUT2D eigenvalue weighted by Crippen LogP contribution is 2.23. The highest BCUT2D eigenvalue weighted by atomic mass is 35.5. The number of methoxy groups -OCH3 is 1. The van der Waals surface area contributed by atoms with Crippen molar-refractivity contribution < 1.29 is 9.53 Å². The maximum Gasteiger partial charge on any atom is 0.339 e. The number of ether oxygens (including phenoxy) is 1. The van der Waals surface area contributed by atoms with Crippen LogP contribution in [0.4, 0.5) is 5.69 Å². The largest absolute Gasteiger partial charge is 0.465 e. The number of halogens is 1. The van der Waals surface area contributed by atoms with E-state index in [1.165, 1.54) is 13.2 Å². The second-order valence-corrected chi connectivity index (χ2v) is 3.09. The number of carbonyl (C=O) groups is 1. The topological polar surface area (TPSA) is 52.3 Å². The maximum atomic E-state index is 11.2. The van der Waals surface area contributed by atoms with E-state index in [1.54, 1.807) is 13.0 Å². The SMILES string of the molecule is COC(=O)c1c(C)cc(N)cc1Cl. The molecule has 0 fully saturated rings. The summed E-state index contributed by atoms with van der Waals surface area (Å²) in [6.45, 7) is 1.76. The summed E-state index contributed by atoms with van der Waals surface area (Å²) in [5.74, 6) is -0.442. The second-order valence-electron chi connectivity index (χ2n) is 2.69. The summed E-state index contributed by atoms with van der Waals surface area (Å²) < 4.78 is 4.57. The van der Waals surface area contributed by atoms with E-state index in [4.69, 9.17) is 17.3 Å². The Morgan fingerprint density at radius 2 is 2.15 bits per heavy atom. The van der Waals surface area contributed by atoms with Crippen LogP contribution in [-0.2, 0) is 4.74 Å². The fraction of sp³-hybridized carbons (Fsp3) is 0.222. The average molecular weight is 200 g/mol. The second kappa shape index (κ2) is 3.66. The van der Waals surface area contributed by atoms with Crippen LogP contribution in [0.25, 0.3) is 0 Å². The Kier molecular flexibility index (Phi) is 2.78. The van der Waals surface area contributed by atoms with E-state index in [0.29, 0.717) is 16.3 Å². The van der Waals surface area contributed by atoms with Crippen LogP contribution in [-0.4, -0.2) is 13.1 Å². The van der Waals surface area contributed by atoms with Gasteiger partial charge in [0.15, 0.2) is 0 Å². The molecule has 1 aromatic carbocycles. The predicted octanol–water partition coefficient (Wildman–Crippen LogP) is 2.02. The molecule has 0 atom stereocenters. The number of hydrogen-bond acceptors (Lipinski definition) is 3. The van der Waals surface area contributed by atoms with Crippen LogP contribution in [0.15, 0.2) is 12.1 Å². The van der Waals surface area contributed by atoms with Gasteiger partial charge < -0.3 is 10.5 Å². The standard InChI is InChI=1S/C9H10ClNO2/c1-5-3-6(11)4-7(10)8(5)9(12)13-2/h3-4H,11H2,1-2H3. The number of benzene rings is 1. The quantitative estimate of drug-likeness (QED) is 0.556. The van der Waals surface area contributed by atoms with Crippen molar-refractivity contribution in [2.45, 2.75) is 6.92 Å². The van der Waals surface area contributed by atoms with Crippen molar-refractivity contribution in [1.82, 2.24) is 0 Å². The highest BCUT2D eigenvalue weighted by molar-refractivity contribution is 6.34. The number of nitrogen functional groups attached to an aromatic ring is 1. The number of anilines is 1. The lowest BCUT2D eigenvalue weighted by molar-refractivity contribution is 0.0600. The summed E-state index contributed by atoms with van der Waals surface area (Å²) in [6.07, 6.45) is 0. The van der Waals surface area contributed by atoms with E-state index in [9.17, 15) is 4.79 Å². The summed E-state index contributed by atoms with van der Waals surface area (Å²) in [5.41, 5.74) is 7.16. The minimum absolute atomic E-state index is 0.323. The molecular weight excluding hydrogens is 190 g/mol. The number of nitrogens with two attached hydrogens (primary N) is 1. The predicted molar refractivity (Wildman–Crippen MR) is 51.9 cm³/mol. The van der Waals surface area contributed by atoms with Gasteiger partial charge in [0, 0.05) is 5.69 Å². The van der Waals surface area contributed by atoms with E-state index in [2.05, 4.69) is 4.74 Å². The molecule has 1 aromatic rings. The number of aryl methyl sites for hydroxylation is 1. The zero-order chi connectivity index (χ0) is 10.0. The van der Waals surface area contributed by atoms with Crippen LogP contribution >= 0.6 is 11.6 Å². The van der Waals surface area contributed by atoms with E-state index in [-0.39, 0.29) is 0 Å². The van der Waals surface area contributed by atoms with Gasteiger partial charge in [0.1, 0.15) is 0 Å². The monoisotopic (exact) mass is 199 g/mol. The van der Waals surface area contributed by atoms with Gasteiger partial charge in [0.25, 0.3) is 0 Å². The number of esters is 1. The Bertz CT molecular complexity index is 326. The van der Waals surface area contributed by atoms with Crippen molar-refractivity contribution in [2.75, 3.05) is 12.8 Å². The third kappa shape index (κ3) is 1.92. The van der Waals surface area contributed by atoms with Gasteiger partial charge in [-0.15, -0.1) is 0 Å². The van der Waals surface area contributed by atoms with Crippen molar-refractivity contribution in [3.05, 3.63) is 28.3 Å². The Morgan fingerprint density at radius 3 is 2.62 bits per heavy atom. The first-order valence-corrected chi connectivity index (χ1v) is 4.08. The van der Waals surface area contributed by atoms with Crippen molar-refractivity contribution in [2.24, 2.45) is 0 Å². The molecular formula is C9H10ClNO2.